The highest BCUT2D eigenvalue weighted by atomic mass is 16.8. The largest absolute Gasteiger partial charge is 0.612 e. The van der Waals surface area contributed by atoms with Crippen LogP contribution >= 0.6 is 0 Å². The summed E-state index contributed by atoms with van der Waals surface area (Å²) < 4.78 is 0. The number of hydrogen-bond acceptors (Lipinski definition) is 5. The van der Waals surface area contributed by atoms with Crippen molar-refractivity contribution in [1.82, 2.24) is 24.8 Å². The van der Waals surface area contributed by atoms with Gasteiger partial charge < -0.3 is 15.4 Å². The van der Waals surface area contributed by atoms with E-state index in [0.717, 1.165) is 0 Å². The highest BCUT2D eigenvalue weighted by Crippen LogP contribution is 2.30. The fourth-order valence-corrected chi connectivity index (χ4v) is 2.59. The van der Waals surface area contributed by atoms with Gasteiger partial charge in [0.1, 0.15) is 5.69 Å². The first-order valence-electron chi connectivity index (χ1n) is 7.56. The van der Waals surface area contributed by atoms with Crippen LogP contribution < -0.4 is 10.3 Å². The number of pyridine rings is 2. The summed E-state index contributed by atoms with van der Waals surface area (Å²) in [5.74, 6) is 0. The lowest BCUT2D eigenvalue weighted by molar-refractivity contribution is 0.965. The van der Waals surface area contributed by atoms with E-state index in [0.29, 0.717) is 34.2 Å². The monoisotopic (exact) mass is 330 g/mol. The molecule has 0 unspecified atom stereocenters. The maximum atomic E-state index is 11.0. The highest BCUT2D eigenvalue weighted by molar-refractivity contribution is 5.77. The molecule has 2 aromatic rings. The fourth-order valence-electron chi connectivity index (χ4n) is 2.59. The van der Waals surface area contributed by atoms with Crippen LogP contribution in [0, 0.1) is 10.4 Å². The Hall–Kier alpha value is -3.74. The molecule has 0 radical (unpaired) electrons. The number of hydrogen-bond donors (Lipinski definition) is 1. The molecule has 7 heteroatoms. The Morgan fingerprint density at radius 2 is 1.52 bits per heavy atom. The van der Waals surface area contributed by atoms with Crippen molar-refractivity contribution in [3.63, 3.8) is 0 Å². The second-order valence-corrected chi connectivity index (χ2v) is 5.35. The molecule has 4 rings (SSSR count). The third kappa shape index (κ3) is 2.78. The molecular weight excluding hydrogens is 318 g/mol. The second-order valence-electron chi connectivity index (χ2n) is 5.35. The van der Waals surface area contributed by atoms with Gasteiger partial charge in [-0.05, 0) is 30.3 Å². The normalized spacial score (nSPS) is 10.7. The lowest BCUT2D eigenvalue weighted by Crippen LogP contribution is -2.18. The van der Waals surface area contributed by atoms with Crippen LogP contribution in [0.4, 0.5) is 0 Å². The van der Waals surface area contributed by atoms with Crippen molar-refractivity contribution >= 4 is 0 Å². The lowest BCUT2D eigenvalue weighted by Gasteiger charge is -2.13. The molecule has 1 N–H and O–H groups in total. The van der Waals surface area contributed by atoms with Crippen LogP contribution in [0.1, 0.15) is 0 Å². The van der Waals surface area contributed by atoms with E-state index in [1.807, 2.05) is 36.4 Å². The van der Waals surface area contributed by atoms with Crippen LogP contribution in [0.25, 0.3) is 34.2 Å². The summed E-state index contributed by atoms with van der Waals surface area (Å²) >= 11 is 0. The van der Waals surface area contributed by atoms with Crippen LogP contribution in [-0.2, 0) is 0 Å². The first-order valence-corrected chi connectivity index (χ1v) is 7.56. The van der Waals surface area contributed by atoms with Crippen molar-refractivity contribution in [2.24, 2.45) is 0 Å². The van der Waals surface area contributed by atoms with E-state index in [9.17, 15) is 10.4 Å². The number of aromatic amines is 1. The molecule has 122 valence electrons. The minimum atomic E-state index is -0.430. The number of nitrogens with one attached hydrogen (secondary N) is 1. The van der Waals surface area contributed by atoms with Crippen LogP contribution in [-0.4, -0.2) is 19.9 Å². The van der Waals surface area contributed by atoms with Gasteiger partial charge in [0, 0.05) is 24.5 Å². The molecule has 0 bridgehead atoms. The van der Waals surface area contributed by atoms with Gasteiger partial charge in [-0.15, -0.1) is 0 Å². The number of rotatable bonds is 2. The zero-order chi connectivity index (χ0) is 17.2. The average molecular weight is 330 g/mol. The van der Waals surface area contributed by atoms with Gasteiger partial charge in [-0.25, -0.2) is 4.98 Å². The molecule has 0 atom stereocenters. The van der Waals surface area contributed by atoms with E-state index in [4.69, 9.17) is 0 Å². The zero-order valence-corrected chi connectivity index (χ0v) is 13.0. The summed E-state index contributed by atoms with van der Waals surface area (Å²) in [6.07, 6.45) is 3.38. The van der Waals surface area contributed by atoms with Crippen molar-refractivity contribution in [2.75, 3.05) is 0 Å². The van der Waals surface area contributed by atoms with E-state index in [-0.39, 0.29) is 5.36 Å². The van der Waals surface area contributed by atoms with Gasteiger partial charge in [0.15, 0.2) is 0 Å². The van der Waals surface area contributed by atoms with Crippen LogP contribution in [0.3, 0.4) is 0 Å². The van der Waals surface area contributed by atoms with Gasteiger partial charge in [-0.3, -0.25) is 9.97 Å². The van der Waals surface area contributed by atoms with E-state index in [1.165, 1.54) is 12.1 Å². The number of benzene rings is 1. The zero-order valence-electron chi connectivity index (χ0n) is 13.0. The molecular formula is C18H12N5O2-. The standard InChI is InChI=1S/C18H12N5O2/c24-23(25)12-7-8-13-16(11-12)22-18(15-6-2-4-10-20-15)17(21-13)14-5-1-3-9-19-14/h1-11,22H/q-1. The summed E-state index contributed by atoms with van der Waals surface area (Å²) in [6.45, 7) is 0. The van der Waals surface area contributed by atoms with Crippen LogP contribution in [0.5, 0.6) is 0 Å². The lowest BCUT2D eigenvalue weighted by atomic mass is 10.1. The summed E-state index contributed by atoms with van der Waals surface area (Å²) in [5, 5.41) is 22.1. The predicted molar refractivity (Wildman–Crippen MR) is 93.7 cm³/mol. The Kier molecular flexibility index (Phi) is 3.59. The molecule has 0 saturated heterocycles. The molecule has 2 aliphatic rings. The fraction of sp³-hybridized carbons (Fsp3) is 0. The van der Waals surface area contributed by atoms with Gasteiger partial charge in [-0.1, -0.05) is 12.1 Å². The molecule has 0 amide bonds. The summed E-state index contributed by atoms with van der Waals surface area (Å²) in [5.41, 5.74) is 3.86. The van der Waals surface area contributed by atoms with Gasteiger partial charge in [0.25, 0.3) is 0 Å². The van der Waals surface area contributed by atoms with Crippen molar-refractivity contribution in [1.29, 1.82) is 0 Å². The Bertz CT molecular complexity index is 1060. The average Bonchev–Trinajstić information content (AvgIpc) is 2.68. The second kappa shape index (κ2) is 6.04. The number of nitrogens with zero attached hydrogens (tertiary/aromatic N) is 4. The Morgan fingerprint density at radius 1 is 0.800 bits per heavy atom. The topological polar surface area (TPSA) is 104 Å². The minimum Gasteiger partial charge on any atom is -0.612 e. The SMILES string of the molecule is [O-][N+]([O-])=c1ccc2nc(-c3ccccn3)c(-c3ccccn3)[nH]c-2c1. The summed E-state index contributed by atoms with van der Waals surface area (Å²) in [7, 11) is 0. The molecule has 1 aliphatic carbocycles. The molecule has 3 heterocycles. The van der Waals surface area contributed by atoms with Crippen molar-refractivity contribution in [2.45, 2.75) is 0 Å². The molecule has 7 nitrogen and oxygen atoms in total. The first-order chi connectivity index (χ1) is 12.2. The van der Waals surface area contributed by atoms with Gasteiger partial charge in [0.2, 0.25) is 5.36 Å². The number of aromatic nitrogens is 4. The molecule has 0 aromatic carbocycles. The highest BCUT2D eigenvalue weighted by Gasteiger charge is 2.16. The smallest absolute Gasteiger partial charge is 0.224 e. The number of H-pyrrole nitrogens is 1. The maximum absolute atomic E-state index is 11.0. The van der Waals surface area contributed by atoms with Crippen LogP contribution in [0.2, 0.25) is 0 Å². The molecule has 0 fully saturated rings. The van der Waals surface area contributed by atoms with E-state index < -0.39 is 4.90 Å². The summed E-state index contributed by atoms with van der Waals surface area (Å²) in [6, 6.07) is 15.6. The minimum absolute atomic E-state index is 0.00288. The Balaban J connectivity index is 2.05. The quantitative estimate of drug-likeness (QED) is 0.568. The Morgan fingerprint density at radius 3 is 2.16 bits per heavy atom. The van der Waals surface area contributed by atoms with Crippen molar-refractivity contribution in [3.05, 3.63) is 82.8 Å². The predicted octanol–water partition coefficient (Wildman–Crippen LogP) is 2.41. The third-order valence-electron chi connectivity index (χ3n) is 3.75. The molecule has 2 aromatic heterocycles. The Labute approximate surface area is 142 Å². The van der Waals surface area contributed by atoms with Crippen LogP contribution in [0.15, 0.2) is 67.0 Å². The van der Waals surface area contributed by atoms with E-state index >= 15 is 0 Å². The summed E-state index contributed by atoms with van der Waals surface area (Å²) in [4.78, 5) is 16.2. The molecule has 25 heavy (non-hydrogen) atoms. The molecule has 1 aliphatic heterocycles. The molecule has 0 spiro atoms. The van der Waals surface area contributed by atoms with Crippen molar-refractivity contribution in [3.8, 4) is 34.2 Å². The molecule has 0 saturated carbocycles. The van der Waals surface area contributed by atoms with E-state index in [2.05, 4.69) is 19.9 Å². The number of fused-ring (bicyclic) bond motifs is 1. The van der Waals surface area contributed by atoms with Gasteiger partial charge in [0.05, 0.1) is 28.5 Å². The van der Waals surface area contributed by atoms with Crippen molar-refractivity contribution < 1.29 is 0 Å². The van der Waals surface area contributed by atoms with Gasteiger partial charge >= 0.3 is 0 Å². The first kappa shape index (κ1) is 14.8. The third-order valence-corrected chi connectivity index (χ3v) is 3.75. The van der Waals surface area contributed by atoms with Gasteiger partial charge in [-0.2, -0.15) is 4.90 Å². The maximum Gasteiger partial charge on any atom is 0.224 e. The van der Waals surface area contributed by atoms with E-state index in [1.54, 1.807) is 18.5 Å².